The maximum Gasteiger partial charge on any atom is 0.261 e. The van der Waals surface area contributed by atoms with Crippen molar-refractivity contribution in [2.45, 2.75) is 51.6 Å². The number of carbonyl (C=O) groups is 1. The maximum absolute atomic E-state index is 12.1. The number of aryl methyl sites for hydroxylation is 1. The van der Waals surface area contributed by atoms with Gasteiger partial charge in [0.2, 0.25) is 0 Å². The molecule has 1 aliphatic carbocycles. The molecule has 0 spiro atoms. The molecule has 2 rings (SSSR count). The molecule has 1 fully saturated rings. The third-order valence-electron chi connectivity index (χ3n) is 4.27. The molecule has 0 unspecified atom stereocenters. The first-order valence-electron chi connectivity index (χ1n) is 7.20. The Morgan fingerprint density at radius 3 is 2.70 bits per heavy atom. The first-order valence-corrected chi connectivity index (χ1v) is 8.81. The molecule has 20 heavy (non-hydrogen) atoms. The van der Waals surface area contributed by atoms with Gasteiger partial charge in [0.15, 0.2) is 0 Å². The van der Waals surface area contributed by atoms with Gasteiger partial charge in [-0.2, -0.15) is 0 Å². The molecule has 0 bridgehead atoms. The van der Waals surface area contributed by atoms with Crippen molar-refractivity contribution in [1.29, 1.82) is 0 Å². The van der Waals surface area contributed by atoms with Crippen LogP contribution >= 0.6 is 27.3 Å². The van der Waals surface area contributed by atoms with E-state index in [0.717, 1.165) is 41.0 Å². The van der Waals surface area contributed by atoms with Crippen molar-refractivity contribution in [3.63, 3.8) is 0 Å². The largest absolute Gasteiger partial charge is 0.388 e. The highest BCUT2D eigenvalue weighted by molar-refractivity contribution is 9.11. The lowest BCUT2D eigenvalue weighted by Gasteiger charge is -2.35. The minimum atomic E-state index is -0.717. The number of nitrogens with one attached hydrogen (secondary N) is 1. The van der Waals surface area contributed by atoms with Crippen LogP contribution in [0, 0.1) is 12.8 Å². The van der Waals surface area contributed by atoms with E-state index >= 15 is 0 Å². The van der Waals surface area contributed by atoms with Gasteiger partial charge in [0, 0.05) is 6.54 Å². The van der Waals surface area contributed by atoms with E-state index in [2.05, 4.69) is 28.2 Å². The number of rotatable bonds is 4. The van der Waals surface area contributed by atoms with Crippen molar-refractivity contribution >= 4 is 33.2 Å². The summed E-state index contributed by atoms with van der Waals surface area (Å²) in [5.41, 5.74) is 0.354. The van der Waals surface area contributed by atoms with Crippen molar-refractivity contribution in [1.82, 2.24) is 5.32 Å². The van der Waals surface area contributed by atoms with E-state index in [1.165, 1.54) is 17.8 Å². The summed E-state index contributed by atoms with van der Waals surface area (Å²) in [5, 5.41) is 13.4. The molecule has 5 heteroatoms. The average Bonchev–Trinajstić information content (AvgIpc) is 2.77. The Kier molecular flexibility index (Phi) is 5.26. The van der Waals surface area contributed by atoms with Crippen LogP contribution in [0.1, 0.15) is 54.3 Å². The fraction of sp³-hybridized carbons (Fsp3) is 0.667. The normalized spacial score (nSPS) is 26.5. The summed E-state index contributed by atoms with van der Waals surface area (Å²) >= 11 is 4.86. The third kappa shape index (κ3) is 3.83. The summed E-state index contributed by atoms with van der Waals surface area (Å²) in [4.78, 5) is 12.8. The van der Waals surface area contributed by atoms with Gasteiger partial charge in [0.1, 0.15) is 0 Å². The zero-order valence-electron chi connectivity index (χ0n) is 12.0. The highest BCUT2D eigenvalue weighted by atomic mass is 79.9. The molecule has 1 aromatic rings. The van der Waals surface area contributed by atoms with E-state index in [9.17, 15) is 9.90 Å². The minimum absolute atomic E-state index is 0.0881. The molecular formula is C15H22BrNO2S. The lowest BCUT2D eigenvalue weighted by atomic mass is 9.78. The zero-order chi connectivity index (χ0) is 14.8. The molecule has 1 amide bonds. The molecule has 0 saturated heterocycles. The first-order chi connectivity index (χ1) is 9.43. The second kappa shape index (κ2) is 6.58. The summed E-state index contributed by atoms with van der Waals surface area (Å²) in [6, 6.07) is 1.88. The number of halogens is 1. The minimum Gasteiger partial charge on any atom is -0.388 e. The van der Waals surface area contributed by atoms with Crippen molar-refractivity contribution < 1.29 is 9.90 Å². The molecule has 0 atom stereocenters. The monoisotopic (exact) mass is 359 g/mol. The van der Waals surface area contributed by atoms with Gasteiger partial charge in [-0.25, -0.2) is 0 Å². The average molecular weight is 360 g/mol. The standard InChI is InChI=1S/C15H22BrNO2S/c1-3-11-4-6-15(19,7-5-11)9-17-14(18)12-8-10(2)13(16)20-12/h8,11,19H,3-7,9H2,1-2H3,(H,17,18). The van der Waals surface area contributed by atoms with E-state index in [-0.39, 0.29) is 5.91 Å². The highest BCUT2D eigenvalue weighted by Gasteiger charge is 2.33. The highest BCUT2D eigenvalue weighted by Crippen LogP contribution is 2.33. The smallest absolute Gasteiger partial charge is 0.261 e. The Bertz CT molecular complexity index is 459. The van der Waals surface area contributed by atoms with Gasteiger partial charge < -0.3 is 10.4 Å². The molecule has 3 nitrogen and oxygen atoms in total. The molecule has 2 N–H and O–H groups in total. The summed E-state index contributed by atoms with van der Waals surface area (Å²) in [6.07, 6.45) is 4.89. The Morgan fingerprint density at radius 1 is 1.55 bits per heavy atom. The number of aliphatic hydroxyl groups is 1. The molecule has 0 aliphatic heterocycles. The molecule has 1 aromatic heterocycles. The van der Waals surface area contributed by atoms with Crippen LogP contribution < -0.4 is 5.32 Å². The fourth-order valence-electron chi connectivity index (χ4n) is 2.70. The second-order valence-electron chi connectivity index (χ2n) is 5.83. The molecular weight excluding hydrogens is 338 g/mol. The van der Waals surface area contributed by atoms with Crippen LogP contribution in [0.15, 0.2) is 9.85 Å². The number of carbonyl (C=O) groups excluding carboxylic acids is 1. The van der Waals surface area contributed by atoms with Gasteiger partial charge in [-0.1, -0.05) is 13.3 Å². The number of amides is 1. The Hall–Kier alpha value is -0.390. The van der Waals surface area contributed by atoms with Crippen molar-refractivity contribution in [3.05, 3.63) is 20.3 Å². The third-order valence-corrected chi connectivity index (χ3v) is 6.41. The van der Waals surface area contributed by atoms with Crippen LogP contribution in [-0.4, -0.2) is 23.2 Å². The summed E-state index contributed by atoms with van der Waals surface area (Å²) in [7, 11) is 0. The quantitative estimate of drug-likeness (QED) is 0.856. The van der Waals surface area contributed by atoms with E-state index in [0.29, 0.717) is 11.4 Å². The fourth-order valence-corrected chi connectivity index (χ4v) is 4.15. The Labute approximate surface area is 132 Å². The van der Waals surface area contributed by atoms with Crippen molar-refractivity contribution in [3.8, 4) is 0 Å². The van der Waals surface area contributed by atoms with Crippen LogP contribution in [0.4, 0.5) is 0 Å². The first kappa shape index (κ1) is 16.0. The van der Waals surface area contributed by atoms with E-state index < -0.39 is 5.60 Å². The molecule has 1 saturated carbocycles. The summed E-state index contributed by atoms with van der Waals surface area (Å²) in [6.45, 7) is 4.53. The van der Waals surface area contributed by atoms with Gasteiger partial charge in [0.05, 0.1) is 14.3 Å². The van der Waals surface area contributed by atoms with Crippen LogP contribution in [0.25, 0.3) is 0 Å². The number of hydrogen-bond donors (Lipinski definition) is 2. The molecule has 112 valence electrons. The number of thiophene rings is 1. The summed E-state index contributed by atoms with van der Waals surface area (Å²) < 4.78 is 0.991. The van der Waals surface area contributed by atoms with Gasteiger partial charge in [0.25, 0.3) is 5.91 Å². The number of hydrogen-bond acceptors (Lipinski definition) is 3. The van der Waals surface area contributed by atoms with Crippen LogP contribution in [0.2, 0.25) is 0 Å². The lowest BCUT2D eigenvalue weighted by molar-refractivity contribution is -0.00783. The van der Waals surface area contributed by atoms with E-state index in [1.54, 1.807) is 0 Å². The van der Waals surface area contributed by atoms with Gasteiger partial charge in [-0.15, -0.1) is 11.3 Å². The SMILES string of the molecule is CCC1CCC(O)(CNC(=O)c2cc(C)c(Br)s2)CC1. The van der Waals surface area contributed by atoms with Gasteiger partial charge in [-0.3, -0.25) is 4.79 Å². The van der Waals surface area contributed by atoms with Gasteiger partial charge >= 0.3 is 0 Å². The van der Waals surface area contributed by atoms with E-state index in [4.69, 9.17) is 0 Å². The molecule has 0 radical (unpaired) electrons. The zero-order valence-corrected chi connectivity index (χ0v) is 14.4. The predicted molar refractivity (Wildman–Crippen MR) is 86.3 cm³/mol. The van der Waals surface area contributed by atoms with E-state index in [1.807, 2.05) is 13.0 Å². The molecule has 0 aromatic carbocycles. The van der Waals surface area contributed by atoms with Crippen LogP contribution in [0.5, 0.6) is 0 Å². The summed E-state index contributed by atoms with van der Waals surface area (Å²) in [5.74, 6) is 0.650. The van der Waals surface area contributed by atoms with Crippen LogP contribution in [0.3, 0.4) is 0 Å². The molecule has 1 aliphatic rings. The Balaban J connectivity index is 1.87. The Morgan fingerprint density at radius 2 is 2.20 bits per heavy atom. The van der Waals surface area contributed by atoms with Crippen molar-refractivity contribution in [2.24, 2.45) is 5.92 Å². The lowest BCUT2D eigenvalue weighted by Crippen LogP contribution is -2.45. The van der Waals surface area contributed by atoms with Gasteiger partial charge in [-0.05, 0) is 66.1 Å². The molecule has 1 heterocycles. The van der Waals surface area contributed by atoms with Crippen LogP contribution in [-0.2, 0) is 0 Å². The second-order valence-corrected chi connectivity index (χ2v) is 8.20. The predicted octanol–water partition coefficient (Wildman–Crippen LogP) is 3.88. The van der Waals surface area contributed by atoms with Crippen molar-refractivity contribution in [2.75, 3.05) is 6.54 Å². The topological polar surface area (TPSA) is 49.3 Å². The maximum atomic E-state index is 12.1.